The van der Waals surface area contributed by atoms with Crippen LogP contribution in [0, 0.1) is 0 Å². The van der Waals surface area contributed by atoms with Crippen molar-refractivity contribution in [2.75, 3.05) is 11.5 Å². The Bertz CT molecular complexity index is 673. The topological polar surface area (TPSA) is 104 Å². The Balaban J connectivity index is 4.27. The monoisotopic (exact) mass is 423 g/mol. The molecule has 0 spiro atoms. The molecule has 7 heteroatoms. The number of amides is 1. The molecular formula is C22H33NO5S. The van der Waals surface area contributed by atoms with Crippen LogP contribution in [0.1, 0.15) is 53.4 Å². The molecule has 0 heterocycles. The summed E-state index contributed by atoms with van der Waals surface area (Å²) in [5.41, 5.74) is 3.98. The molecular weight excluding hydrogens is 390 g/mol. The molecule has 6 nitrogen and oxygen atoms in total. The Hall–Kier alpha value is -2.28. The number of carbonyl (C=O) groups is 3. The number of allylic oxidation sites excluding steroid dienone is 5. The summed E-state index contributed by atoms with van der Waals surface area (Å²) >= 11 is 1.40. The smallest absolute Gasteiger partial charge is 0.328 e. The zero-order valence-corrected chi connectivity index (χ0v) is 18.6. The van der Waals surface area contributed by atoms with E-state index in [0.717, 1.165) is 31.8 Å². The van der Waals surface area contributed by atoms with E-state index < -0.39 is 23.9 Å². The van der Waals surface area contributed by atoms with Crippen LogP contribution in [-0.2, 0) is 14.4 Å². The number of hydrogen-bond acceptors (Lipinski definition) is 4. The predicted octanol–water partition coefficient (Wildman–Crippen LogP) is 4.35. The van der Waals surface area contributed by atoms with Crippen LogP contribution in [0.25, 0.3) is 0 Å². The van der Waals surface area contributed by atoms with E-state index in [2.05, 4.69) is 51.2 Å². The van der Waals surface area contributed by atoms with Crippen molar-refractivity contribution in [3.63, 3.8) is 0 Å². The first-order valence-electron chi connectivity index (χ1n) is 9.58. The van der Waals surface area contributed by atoms with E-state index in [0.29, 0.717) is 11.8 Å². The lowest BCUT2D eigenvalue weighted by Gasteiger charge is -2.12. The van der Waals surface area contributed by atoms with E-state index >= 15 is 0 Å². The minimum atomic E-state index is -1.26. The normalized spacial score (nSPS) is 13.2. The average molecular weight is 424 g/mol. The maximum Gasteiger partial charge on any atom is 0.328 e. The third-order valence-corrected chi connectivity index (χ3v) is 4.92. The van der Waals surface area contributed by atoms with Crippen molar-refractivity contribution in [3.05, 3.63) is 47.1 Å². The van der Waals surface area contributed by atoms with Crippen molar-refractivity contribution >= 4 is 29.6 Å². The summed E-state index contributed by atoms with van der Waals surface area (Å²) in [5, 5.41) is 19.9. The van der Waals surface area contributed by atoms with Gasteiger partial charge in [-0.1, -0.05) is 34.9 Å². The van der Waals surface area contributed by atoms with Gasteiger partial charge in [-0.2, -0.15) is 11.8 Å². The summed E-state index contributed by atoms with van der Waals surface area (Å²) in [5.74, 6) is -2.29. The van der Waals surface area contributed by atoms with Gasteiger partial charge in [0.25, 0.3) is 0 Å². The summed E-state index contributed by atoms with van der Waals surface area (Å²) < 4.78 is 0. The first-order valence-corrected chi connectivity index (χ1v) is 10.7. The van der Waals surface area contributed by atoms with E-state index in [1.807, 2.05) is 0 Å². The Labute approximate surface area is 177 Å². The molecule has 162 valence electrons. The highest BCUT2D eigenvalue weighted by Crippen LogP contribution is 2.13. The van der Waals surface area contributed by atoms with Gasteiger partial charge in [0, 0.05) is 23.7 Å². The van der Waals surface area contributed by atoms with Gasteiger partial charge >= 0.3 is 11.9 Å². The molecule has 29 heavy (non-hydrogen) atoms. The lowest BCUT2D eigenvalue weighted by atomic mass is 10.1. The molecule has 0 radical (unpaired) electrons. The Morgan fingerprint density at radius 3 is 2.03 bits per heavy atom. The van der Waals surface area contributed by atoms with Crippen LogP contribution >= 0.6 is 11.8 Å². The minimum absolute atomic E-state index is 0.204. The third kappa shape index (κ3) is 16.4. The first kappa shape index (κ1) is 26.7. The summed E-state index contributed by atoms with van der Waals surface area (Å²) in [4.78, 5) is 33.1. The molecule has 0 aromatic rings. The molecule has 1 amide bonds. The van der Waals surface area contributed by atoms with E-state index in [1.165, 1.54) is 28.5 Å². The number of nitrogens with one attached hydrogen (secondary N) is 1. The maximum atomic E-state index is 11.5. The van der Waals surface area contributed by atoms with Crippen molar-refractivity contribution in [3.8, 4) is 0 Å². The molecule has 0 aliphatic rings. The molecule has 3 N–H and O–H groups in total. The van der Waals surface area contributed by atoms with Gasteiger partial charge in [0.15, 0.2) is 0 Å². The fraction of sp³-hybridized carbons (Fsp3) is 0.500. The van der Waals surface area contributed by atoms with E-state index in [-0.39, 0.29) is 5.75 Å². The quantitative estimate of drug-likeness (QED) is 0.218. The van der Waals surface area contributed by atoms with Gasteiger partial charge in [-0.25, -0.2) is 9.59 Å². The van der Waals surface area contributed by atoms with Gasteiger partial charge in [-0.3, -0.25) is 4.79 Å². The number of carbonyl (C=O) groups excluding carboxylic acids is 1. The molecule has 0 saturated carbocycles. The second kappa shape index (κ2) is 15.6. The summed E-state index contributed by atoms with van der Waals surface area (Å²) in [6.45, 7) is 8.42. The van der Waals surface area contributed by atoms with Crippen molar-refractivity contribution in [1.82, 2.24) is 5.32 Å². The van der Waals surface area contributed by atoms with Crippen LogP contribution in [0.4, 0.5) is 0 Å². The zero-order chi connectivity index (χ0) is 22.2. The Morgan fingerprint density at radius 2 is 1.48 bits per heavy atom. The van der Waals surface area contributed by atoms with Crippen LogP contribution in [0.2, 0.25) is 0 Å². The van der Waals surface area contributed by atoms with Crippen LogP contribution in [0.15, 0.2) is 47.1 Å². The SMILES string of the molecule is CC(C)=CCCC(C)=CCCC(C)=CCSCC(NC(=O)C=CC(=O)O)C(=O)O. The number of thioether (sulfide) groups is 1. The maximum absolute atomic E-state index is 11.5. The van der Waals surface area contributed by atoms with Crippen molar-refractivity contribution in [1.29, 1.82) is 0 Å². The molecule has 0 aliphatic heterocycles. The summed E-state index contributed by atoms with van der Waals surface area (Å²) in [6, 6.07) is -1.06. The van der Waals surface area contributed by atoms with Gasteiger partial charge in [-0.05, 0) is 53.4 Å². The molecule has 0 saturated heterocycles. The number of rotatable bonds is 14. The minimum Gasteiger partial charge on any atom is -0.480 e. The third-order valence-electron chi connectivity index (χ3n) is 3.95. The number of aliphatic carboxylic acids is 2. The lowest BCUT2D eigenvalue weighted by Crippen LogP contribution is -2.42. The first-order chi connectivity index (χ1) is 13.6. The van der Waals surface area contributed by atoms with Gasteiger partial charge < -0.3 is 15.5 Å². The van der Waals surface area contributed by atoms with Crippen molar-refractivity contribution in [2.24, 2.45) is 0 Å². The molecule has 1 unspecified atom stereocenters. The van der Waals surface area contributed by atoms with Gasteiger partial charge in [0.1, 0.15) is 6.04 Å². The van der Waals surface area contributed by atoms with Crippen LogP contribution in [0.5, 0.6) is 0 Å². The Kier molecular flexibility index (Phi) is 14.4. The highest BCUT2D eigenvalue weighted by atomic mass is 32.2. The van der Waals surface area contributed by atoms with Crippen molar-refractivity contribution < 1.29 is 24.6 Å². The molecule has 0 fully saturated rings. The summed E-state index contributed by atoms with van der Waals surface area (Å²) in [6.07, 6.45) is 12.2. The standard InChI is InChI=1S/C22H33NO5S/c1-16(2)7-5-8-17(3)9-6-10-18(4)13-14-29-15-19(22(27)28)23-20(24)11-12-21(25)26/h7,9,11-13,19H,5-6,8,10,14-15H2,1-4H3,(H,23,24)(H,25,26)(H,27,28). The molecule has 0 aliphatic carbocycles. The highest BCUT2D eigenvalue weighted by Gasteiger charge is 2.18. The van der Waals surface area contributed by atoms with E-state index in [1.54, 1.807) is 0 Å². The second-order valence-corrected chi connectivity index (χ2v) is 8.14. The highest BCUT2D eigenvalue weighted by molar-refractivity contribution is 7.99. The zero-order valence-electron chi connectivity index (χ0n) is 17.7. The lowest BCUT2D eigenvalue weighted by molar-refractivity contribution is -0.140. The number of carboxylic acids is 2. The van der Waals surface area contributed by atoms with Gasteiger partial charge in [-0.15, -0.1) is 0 Å². The van der Waals surface area contributed by atoms with Crippen LogP contribution in [-0.4, -0.2) is 45.6 Å². The fourth-order valence-corrected chi connectivity index (χ4v) is 3.27. The Morgan fingerprint density at radius 1 is 0.897 bits per heavy atom. The average Bonchev–Trinajstić information content (AvgIpc) is 2.61. The molecule has 1 atom stereocenters. The van der Waals surface area contributed by atoms with E-state index in [9.17, 15) is 19.5 Å². The number of hydrogen-bond donors (Lipinski definition) is 3. The largest absolute Gasteiger partial charge is 0.480 e. The molecule has 0 rings (SSSR count). The fourth-order valence-electron chi connectivity index (χ4n) is 2.27. The molecule has 0 aromatic heterocycles. The molecule has 0 bridgehead atoms. The van der Waals surface area contributed by atoms with Gasteiger partial charge in [0.2, 0.25) is 5.91 Å². The van der Waals surface area contributed by atoms with Crippen LogP contribution < -0.4 is 5.32 Å². The number of carboxylic acid groups (broad SMARTS) is 2. The second-order valence-electron chi connectivity index (χ2n) is 7.07. The van der Waals surface area contributed by atoms with Gasteiger partial charge in [0.05, 0.1) is 0 Å². The molecule has 0 aromatic carbocycles. The van der Waals surface area contributed by atoms with E-state index in [4.69, 9.17) is 5.11 Å². The summed E-state index contributed by atoms with van der Waals surface area (Å²) in [7, 11) is 0. The predicted molar refractivity (Wildman–Crippen MR) is 119 cm³/mol. The van der Waals surface area contributed by atoms with Crippen LogP contribution in [0.3, 0.4) is 0 Å². The van der Waals surface area contributed by atoms with Crippen molar-refractivity contribution in [2.45, 2.75) is 59.4 Å².